The predicted octanol–water partition coefficient (Wildman–Crippen LogP) is 1.22. The normalized spacial score (nSPS) is 12.4. The summed E-state index contributed by atoms with van der Waals surface area (Å²) in [5, 5.41) is 8.35. The van der Waals surface area contributed by atoms with Crippen LogP contribution in [0.5, 0.6) is 0 Å². The molecule has 0 bridgehead atoms. The van der Waals surface area contributed by atoms with E-state index < -0.39 is 5.97 Å². The van der Waals surface area contributed by atoms with Crippen molar-refractivity contribution in [2.45, 2.75) is 20.3 Å². The Hall–Kier alpha value is -0.770. The number of hydrogen-bond acceptors (Lipinski definition) is 7. The summed E-state index contributed by atoms with van der Waals surface area (Å²) in [5.74, 6) is -0.386. The number of rotatable bonds is 20. The van der Waals surface area contributed by atoms with Gasteiger partial charge < -0.3 is 33.5 Å². The van der Waals surface area contributed by atoms with Gasteiger partial charge in [0.2, 0.25) is 0 Å². The average molecular weight is 366 g/mol. The molecule has 0 rings (SSSR count). The molecule has 0 amide bonds. The molecule has 0 heterocycles. The van der Waals surface area contributed by atoms with E-state index in [1.165, 1.54) is 0 Å². The number of carboxylic acid groups (broad SMARTS) is 1. The SMILES string of the molecule is CCC(C)COCCOCCOCCOCCOCCOCC(=O)O. The third-order valence-corrected chi connectivity index (χ3v) is 3.18. The zero-order valence-electron chi connectivity index (χ0n) is 15.6. The molecule has 0 aliphatic carbocycles. The molecule has 8 heteroatoms. The third kappa shape index (κ3) is 21.2. The highest BCUT2D eigenvalue weighted by Crippen LogP contribution is 1.99. The van der Waals surface area contributed by atoms with Crippen molar-refractivity contribution in [3.63, 3.8) is 0 Å². The van der Waals surface area contributed by atoms with Gasteiger partial charge in [0.25, 0.3) is 0 Å². The van der Waals surface area contributed by atoms with Gasteiger partial charge in [-0.25, -0.2) is 4.79 Å². The van der Waals surface area contributed by atoms with Gasteiger partial charge in [-0.3, -0.25) is 0 Å². The van der Waals surface area contributed by atoms with E-state index in [0.29, 0.717) is 65.4 Å². The second kappa shape index (κ2) is 19.6. The Bertz CT molecular complexity index is 288. The molecular formula is C17H34O8. The smallest absolute Gasteiger partial charge is 0.329 e. The van der Waals surface area contributed by atoms with E-state index in [1.54, 1.807) is 0 Å². The van der Waals surface area contributed by atoms with Crippen molar-refractivity contribution in [2.24, 2.45) is 5.92 Å². The lowest BCUT2D eigenvalue weighted by atomic mass is 10.1. The van der Waals surface area contributed by atoms with Crippen molar-refractivity contribution in [1.82, 2.24) is 0 Å². The lowest BCUT2D eigenvalue weighted by Crippen LogP contribution is -2.15. The lowest BCUT2D eigenvalue weighted by Gasteiger charge is -2.10. The predicted molar refractivity (Wildman–Crippen MR) is 92.0 cm³/mol. The van der Waals surface area contributed by atoms with E-state index >= 15 is 0 Å². The van der Waals surface area contributed by atoms with Gasteiger partial charge >= 0.3 is 5.97 Å². The molecule has 1 atom stereocenters. The van der Waals surface area contributed by atoms with E-state index in [2.05, 4.69) is 13.8 Å². The molecule has 0 spiro atoms. The highest BCUT2D eigenvalue weighted by molar-refractivity contribution is 5.67. The van der Waals surface area contributed by atoms with E-state index in [4.69, 9.17) is 33.5 Å². The quantitative estimate of drug-likeness (QED) is 0.322. The number of ether oxygens (including phenoxy) is 6. The Balaban J connectivity index is 3.02. The van der Waals surface area contributed by atoms with E-state index in [9.17, 15) is 4.79 Å². The maximum Gasteiger partial charge on any atom is 0.329 e. The maximum atomic E-state index is 10.2. The molecule has 150 valence electrons. The van der Waals surface area contributed by atoms with Crippen LogP contribution in [0.2, 0.25) is 0 Å². The van der Waals surface area contributed by atoms with Gasteiger partial charge in [-0.1, -0.05) is 20.3 Å². The average Bonchev–Trinajstić information content (AvgIpc) is 2.60. The number of carbonyl (C=O) groups is 1. The monoisotopic (exact) mass is 366 g/mol. The zero-order valence-corrected chi connectivity index (χ0v) is 15.6. The fraction of sp³-hybridized carbons (Fsp3) is 0.941. The molecule has 0 fully saturated rings. The Morgan fingerprint density at radius 1 is 0.720 bits per heavy atom. The minimum atomic E-state index is -0.983. The maximum absolute atomic E-state index is 10.2. The van der Waals surface area contributed by atoms with Crippen LogP contribution in [-0.4, -0.2) is 90.4 Å². The summed E-state index contributed by atoms with van der Waals surface area (Å²) in [6.07, 6.45) is 1.13. The molecule has 0 aromatic rings. The first kappa shape index (κ1) is 24.2. The molecular weight excluding hydrogens is 332 g/mol. The van der Waals surface area contributed by atoms with Gasteiger partial charge in [0.15, 0.2) is 0 Å². The summed E-state index contributed by atoms with van der Waals surface area (Å²) in [6.45, 7) is 9.62. The second-order valence-corrected chi connectivity index (χ2v) is 5.48. The first-order valence-corrected chi connectivity index (χ1v) is 8.85. The molecule has 0 aliphatic rings. The van der Waals surface area contributed by atoms with Gasteiger partial charge in [0, 0.05) is 6.61 Å². The van der Waals surface area contributed by atoms with E-state index in [1.807, 2.05) is 0 Å². The molecule has 1 unspecified atom stereocenters. The van der Waals surface area contributed by atoms with E-state index in [0.717, 1.165) is 13.0 Å². The highest BCUT2D eigenvalue weighted by atomic mass is 16.6. The van der Waals surface area contributed by atoms with Crippen molar-refractivity contribution in [2.75, 3.05) is 79.3 Å². The van der Waals surface area contributed by atoms with Crippen LogP contribution in [-0.2, 0) is 33.2 Å². The van der Waals surface area contributed by atoms with Crippen LogP contribution >= 0.6 is 0 Å². The standard InChI is InChI=1S/C17H34O8/c1-3-16(2)14-24-12-10-22-8-6-20-4-5-21-7-9-23-11-13-25-15-17(18)19/h16H,3-15H2,1-2H3,(H,18,19). The molecule has 0 saturated heterocycles. The van der Waals surface area contributed by atoms with Crippen molar-refractivity contribution in [3.8, 4) is 0 Å². The summed E-state index contributed by atoms with van der Waals surface area (Å²) >= 11 is 0. The van der Waals surface area contributed by atoms with Gasteiger partial charge in [-0.15, -0.1) is 0 Å². The minimum absolute atomic E-state index is 0.262. The van der Waals surface area contributed by atoms with Gasteiger partial charge in [-0.05, 0) is 5.92 Å². The van der Waals surface area contributed by atoms with Crippen LogP contribution in [0.3, 0.4) is 0 Å². The van der Waals surface area contributed by atoms with Crippen LogP contribution in [0.25, 0.3) is 0 Å². The van der Waals surface area contributed by atoms with Crippen LogP contribution in [0.1, 0.15) is 20.3 Å². The Kier molecular flexibility index (Phi) is 19.0. The fourth-order valence-electron chi connectivity index (χ4n) is 1.56. The topological polar surface area (TPSA) is 92.7 Å². The molecule has 8 nitrogen and oxygen atoms in total. The Morgan fingerprint density at radius 3 is 1.44 bits per heavy atom. The largest absolute Gasteiger partial charge is 0.480 e. The first-order valence-electron chi connectivity index (χ1n) is 8.85. The molecule has 1 N–H and O–H groups in total. The number of hydrogen-bond donors (Lipinski definition) is 1. The summed E-state index contributed by atoms with van der Waals surface area (Å²) in [5.41, 5.74) is 0. The van der Waals surface area contributed by atoms with Crippen molar-refractivity contribution in [3.05, 3.63) is 0 Å². The van der Waals surface area contributed by atoms with E-state index in [-0.39, 0.29) is 13.2 Å². The number of aliphatic carboxylic acids is 1. The Morgan fingerprint density at radius 2 is 1.08 bits per heavy atom. The molecule has 0 aromatic heterocycles. The third-order valence-electron chi connectivity index (χ3n) is 3.18. The molecule has 0 radical (unpaired) electrons. The van der Waals surface area contributed by atoms with Crippen molar-refractivity contribution >= 4 is 5.97 Å². The molecule has 0 saturated carbocycles. The minimum Gasteiger partial charge on any atom is -0.480 e. The van der Waals surface area contributed by atoms with Crippen molar-refractivity contribution in [1.29, 1.82) is 0 Å². The van der Waals surface area contributed by atoms with Gasteiger partial charge in [0.1, 0.15) is 6.61 Å². The summed E-state index contributed by atoms with van der Waals surface area (Å²) in [4.78, 5) is 10.2. The lowest BCUT2D eigenvalue weighted by molar-refractivity contribution is -0.142. The van der Waals surface area contributed by atoms with Gasteiger partial charge in [0.05, 0.1) is 66.1 Å². The van der Waals surface area contributed by atoms with Crippen LogP contribution < -0.4 is 0 Å². The summed E-state index contributed by atoms with van der Waals surface area (Å²) < 4.78 is 31.6. The first-order chi connectivity index (χ1) is 12.2. The van der Waals surface area contributed by atoms with Crippen LogP contribution in [0, 0.1) is 5.92 Å². The molecule has 0 aromatic carbocycles. The summed E-state index contributed by atoms with van der Waals surface area (Å²) in [7, 11) is 0. The van der Waals surface area contributed by atoms with Crippen molar-refractivity contribution < 1.29 is 38.3 Å². The van der Waals surface area contributed by atoms with Crippen LogP contribution in [0.4, 0.5) is 0 Å². The number of carboxylic acids is 1. The fourth-order valence-corrected chi connectivity index (χ4v) is 1.56. The highest BCUT2D eigenvalue weighted by Gasteiger charge is 1.98. The second-order valence-electron chi connectivity index (χ2n) is 5.48. The molecule has 25 heavy (non-hydrogen) atoms. The van der Waals surface area contributed by atoms with Gasteiger partial charge in [-0.2, -0.15) is 0 Å². The molecule has 0 aliphatic heterocycles. The summed E-state index contributed by atoms with van der Waals surface area (Å²) in [6, 6.07) is 0. The Labute approximate surface area is 150 Å². The van der Waals surface area contributed by atoms with Crippen LogP contribution in [0.15, 0.2) is 0 Å². The zero-order chi connectivity index (χ0) is 18.6.